The van der Waals surface area contributed by atoms with Crippen LogP contribution in [0.25, 0.3) is 0 Å². The van der Waals surface area contributed by atoms with Crippen molar-refractivity contribution < 1.29 is 31.7 Å². The molecule has 0 unspecified atom stereocenters. The molecular formula is C18H22BF4NO3. The van der Waals surface area contributed by atoms with E-state index in [1.165, 1.54) is 0 Å². The number of halogens is 4. The van der Waals surface area contributed by atoms with Gasteiger partial charge in [-0.2, -0.15) is 0 Å². The molecule has 27 heavy (non-hydrogen) atoms. The second kappa shape index (κ2) is 6.48. The van der Waals surface area contributed by atoms with Crippen LogP contribution < -0.4 is 5.46 Å². The molecule has 9 heteroatoms. The zero-order chi connectivity index (χ0) is 20.2. The number of carbonyl (C=O) groups excluding carboxylic acids is 1. The minimum Gasteiger partial charge on any atom is -0.399 e. The standard InChI is InChI=1S/C18H22BF4NO3/c1-16(2)17(3,4)27-19(26-16)12-9-13(20)11(7-14(12)21)8-15(25)24-6-5-18(22,23)10-24/h7,9H,5-6,8,10H2,1-4H3. The smallest absolute Gasteiger partial charge is 0.399 e. The number of hydrogen-bond donors (Lipinski definition) is 0. The van der Waals surface area contributed by atoms with Gasteiger partial charge in [-0.1, -0.05) is 0 Å². The number of hydrogen-bond acceptors (Lipinski definition) is 3. The second-order valence-electron chi connectivity index (χ2n) is 8.15. The Morgan fingerprint density at radius 3 is 2.22 bits per heavy atom. The van der Waals surface area contributed by atoms with Crippen LogP contribution in [0, 0.1) is 11.6 Å². The van der Waals surface area contributed by atoms with E-state index in [1.54, 1.807) is 27.7 Å². The molecule has 0 saturated carbocycles. The van der Waals surface area contributed by atoms with Crippen LogP contribution >= 0.6 is 0 Å². The summed E-state index contributed by atoms with van der Waals surface area (Å²) in [6.07, 6.45) is -0.904. The molecule has 1 amide bonds. The molecule has 4 nitrogen and oxygen atoms in total. The first-order valence-electron chi connectivity index (χ1n) is 8.80. The summed E-state index contributed by atoms with van der Waals surface area (Å²) in [5, 5.41) is 0. The Labute approximate surface area is 156 Å². The van der Waals surface area contributed by atoms with Crippen LogP contribution in [0.3, 0.4) is 0 Å². The van der Waals surface area contributed by atoms with Crippen LogP contribution in [0.2, 0.25) is 0 Å². The molecule has 2 aliphatic heterocycles. The van der Waals surface area contributed by atoms with Crippen molar-refractivity contribution in [3.05, 3.63) is 29.3 Å². The van der Waals surface area contributed by atoms with Crippen molar-refractivity contribution in [2.75, 3.05) is 13.1 Å². The van der Waals surface area contributed by atoms with E-state index in [2.05, 4.69) is 0 Å². The van der Waals surface area contributed by atoms with Crippen molar-refractivity contribution in [2.24, 2.45) is 0 Å². The highest BCUT2D eigenvalue weighted by Crippen LogP contribution is 2.36. The van der Waals surface area contributed by atoms with E-state index in [0.717, 1.165) is 17.0 Å². The Balaban J connectivity index is 1.77. The maximum atomic E-state index is 14.6. The SMILES string of the molecule is CC1(C)OB(c2cc(F)c(CC(=O)N3CCC(F)(F)C3)cc2F)OC1(C)C. The Kier molecular flexibility index (Phi) is 4.83. The highest BCUT2D eigenvalue weighted by atomic mass is 19.3. The number of alkyl halides is 2. The molecule has 0 atom stereocenters. The fourth-order valence-corrected chi connectivity index (χ4v) is 3.11. The van der Waals surface area contributed by atoms with Gasteiger partial charge in [0.15, 0.2) is 0 Å². The Hall–Kier alpha value is -1.61. The number of nitrogens with zero attached hydrogens (tertiary/aromatic N) is 1. The molecule has 1 aromatic carbocycles. The lowest BCUT2D eigenvalue weighted by Gasteiger charge is -2.32. The summed E-state index contributed by atoms with van der Waals surface area (Å²) in [4.78, 5) is 13.1. The van der Waals surface area contributed by atoms with Gasteiger partial charge in [0.25, 0.3) is 5.92 Å². The van der Waals surface area contributed by atoms with Crippen molar-refractivity contribution in [2.45, 2.75) is 57.7 Å². The lowest BCUT2D eigenvalue weighted by Crippen LogP contribution is -2.41. The summed E-state index contributed by atoms with van der Waals surface area (Å²) in [5.41, 5.74) is -1.71. The van der Waals surface area contributed by atoms with Crippen molar-refractivity contribution in [1.82, 2.24) is 4.90 Å². The first-order valence-corrected chi connectivity index (χ1v) is 8.80. The molecule has 2 aliphatic rings. The number of carbonyl (C=O) groups is 1. The quantitative estimate of drug-likeness (QED) is 0.592. The van der Waals surface area contributed by atoms with Crippen LogP contribution in [0.15, 0.2) is 12.1 Å². The van der Waals surface area contributed by atoms with E-state index in [1.807, 2.05) is 0 Å². The maximum absolute atomic E-state index is 14.6. The van der Waals surface area contributed by atoms with Gasteiger partial charge in [-0.15, -0.1) is 0 Å². The molecule has 0 bridgehead atoms. The zero-order valence-corrected chi connectivity index (χ0v) is 15.7. The second-order valence-corrected chi connectivity index (χ2v) is 8.15. The van der Waals surface area contributed by atoms with Gasteiger partial charge < -0.3 is 14.2 Å². The Morgan fingerprint density at radius 1 is 1.11 bits per heavy atom. The molecule has 2 fully saturated rings. The predicted molar refractivity (Wildman–Crippen MR) is 91.9 cm³/mol. The van der Waals surface area contributed by atoms with E-state index in [0.29, 0.717) is 0 Å². The van der Waals surface area contributed by atoms with Gasteiger partial charge in [-0.3, -0.25) is 4.79 Å². The van der Waals surface area contributed by atoms with Gasteiger partial charge in [0.05, 0.1) is 24.2 Å². The first-order chi connectivity index (χ1) is 12.3. The van der Waals surface area contributed by atoms with Gasteiger partial charge in [0, 0.05) is 18.4 Å². The summed E-state index contributed by atoms with van der Waals surface area (Å²) in [5.74, 6) is -5.17. The number of amides is 1. The van der Waals surface area contributed by atoms with E-state index >= 15 is 0 Å². The Morgan fingerprint density at radius 2 is 1.70 bits per heavy atom. The van der Waals surface area contributed by atoms with Gasteiger partial charge >= 0.3 is 7.12 Å². The van der Waals surface area contributed by atoms with Crippen molar-refractivity contribution in [1.29, 1.82) is 0 Å². The Bertz CT molecular complexity index is 753. The molecule has 0 spiro atoms. The highest BCUT2D eigenvalue weighted by molar-refractivity contribution is 6.62. The third kappa shape index (κ3) is 3.85. The van der Waals surface area contributed by atoms with Crippen molar-refractivity contribution in [3.8, 4) is 0 Å². The van der Waals surface area contributed by atoms with E-state index in [4.69, 9.17) is 9.31 Å². The monoisotopic (exact) mass is 387 g/mol. The molecule has 148 valence electrons. The van der Waals surface area contributed by atoms with Crippen LogP contribution in [0.1, 0.15) is 39.7 Å². The predicted octanol–water partition coefficient (Wildman–Crippen LogP) is 2.67. The summed E-state index contributed by atoms with van der Waals surface area (Å²) in [6, 6.07) is 1.85. The topological polar surface area (TPSA) is 38.8 Å². The average Bonchev–Trinajstić information content (AvgIpc) is 2.98. The minimum atomic E-state index is -2.93. The molecule has 0 radical (unpaired) electrons. The third-order valence-corrected chi connectivity index (χ3v) is 5.54. The lowest BCUT2D eigenvalue weighted by molar-refractivity contribution is -0.130. The molecule has 2 heterocycles. The van der Waals surface area contributed by atoms with E-state index in [-0.39, 0.29) is 17.6 Å². The largest absolute Gasteiger partial charge is 0.497 e. The molecule has 0 aromatic heterocycles. The summed E-state index contributed by atoms with van der Waals surface area (Å²) in [7, 11) is -1.08. The first kappa shape index (κ1) is 20.1. The van der Waals surface area contributed by atoms with Crippen molar-refractivity contribution in [3.63, 3.8) is 0 Å². The third-order valence-electron chi connectivity index (χ3n) is 5.54. The highest BCUT2D eigenvalue weighted by Gasteiger charge is 2.52. The van der Waals surface area contributed by atoms with E-state index in [9.17, 15) is 22.4 Å². The van der Waals surface area contributed by atoms with Gasteiger partial charge in [0.1, 0.15) is 11.6 Å². The molecule has 1 aromatic rings. The molecule has 0 N–H and O–H groups in total. The fourth-order valence-electron chi connectivity index (χ4n) is 3.11. The number of rotatable bonds is 3. The zero-order valence-electron chi connectivity index (χ0n) is 15.7. The number of likely N-dealkylation sites (tertiary alicyclic amines) is 1. The normalized spacial score (nSPS) is 23.1. The minimum absolute atomic E-state index is 0.0953. The van der Waals surface area contributed by atoms with Gasteiger partial charge in [0.2, 0.25) is 5.91 Å². The van der Waals surface area contributed by atoms with Crippen LogP contribution in [0.5, 0.6) is 0 Å². The summed E-state index contributed by atoms with van der Waals surface area (Å²) in [6.45, 7) is 6.38. The van der Waals surface area contributed by atoms with Gasteiger partial charge in [-0.05, 0) is 45.4 Å². The molecule has 3 rings (SSSR count). The lowest BCUT2D eigenvalue weighted by atomic mass is 9.78. The summed E-state index contributed by atoms with van der Waals surface area (Å²) >= 11 is 0. The summed E-state index contributed by atoms with van der Waals surface area (Å²) < 4.78 is 66.9. The van der Waals surface area contributed by atoms with Crippen LogP contribution in [0.4, 0.5) is 17.6 Å². The van der Waals surface area contributed by atoms with Crippen molar-refractivity contribution >= 4 is 18.5 Å². The fraction of sp³-hybridized carbons (Fsp3) is 0.611. The van der Waals surface area contributed by atoms with Crippen LogP contribution in [-0.4, -0.2) is 48.1 Å². The van der Waals surface area contributed by atoms with Crippen LogP contribution in [-0.2, 0) is 20.5 Å². The maximum Gasteiger partial charge on any atom is 0.497 e. The van der Waals surface area contributed by atoms with E-state index < -0.39 is 61.2 Å². The molecule has 2 saturated heterocycles. The molecular weight excluding hydrogens is 365 g/mol. The van der Waals surface area contributed by atoms with Gasteiger partial charge in [-0.25, -0.2) is 17.6 Å². The average molecular weight is 387 g/mol. The number of benzene rings is 1. The molecule has 0 aliphatic carbocycles.